The molecule has 1 unspecified atom stereocenters. The maximum atomic E-state index is 8.46. The van der Waals surface area contributed by atoms with Crippen molar-refractivity contribution in [1.29, 1.82) is 0 Å². The number of terminal acetylenes is 2. The second-order valence-corrected chi connectivity index (χ2v) is 2.14. The molecule has 1 nitrogen and oxygen atoms in total. The Balaban J connectivity index is 3.45. The summed E-state index contributed by atoms with van der Waals surface area (Å²) in [4.78, 5) is 0. The number of hydrogen-bond donors (Lipinski definition) is 1. The molecule has 0 aliphatic heterocycles. The zero-order valence-corrected chi connectivity index (χ0v) is 6.01. The lowest BCUT2D eigenvalue weighted by atomic mass is 10.0. The molecule has 0 saturated carbocycles. The van der Waals surface area contributed by atoms with E-state index in [0.29, 0.717) is 6.42 Å². The van der Waals surface area contributed by atoms with Crippen LogP contribution in [0.2, 0.25) is 0 Å². The Bertz CT molecular complexity index is 147. The molecular weight excluding hydrogens is 124 g/mol. The minimum atomic E-state index is 0.150. The van der Waals surface area contributed by atoms with Crippen LogP contribution in [0.4, 0.5) is 0 Å². The van der Waals surface area contributed by atoms with Gasteiger partial charge in [0.25, 0.3) is 0 Å². The van der Waals surface area contributed by atoms with Crippen molar-refractivity contribution in [3.05, 3.63) is 0 Å². The van der Waals surface area contributed by atoms with Crippen molar-refractivity contribution in [3.63, 3.8) is 0 Å². The molecule has 0 aromatic heterocycles. The molecule has 0 heterocycles. The van der Waals surface area contributed by atoms with E-state index in [4.69, 9.17) is 18.0 Å². The fraction of sp³-hybridized carbons (Fsp3) is 0.556. The molecule has 0 aromatic rings. The predicted molar refractivity (Wildman–Crippen MR) is 42.1 cm³/mol. The van der Waals surface area contributed by atoms with E-state index in [9.17, 15) is 0 Å². The van der Waals surface area contributed by atoms with E-state index in [2.05, 4.69) is 11.8 Å². The smallest absolute Gasteiger partial charge is 0.0431 e. The normalized spacial score (nSPS) is 11.5. The maximum absolute atomic E-state index is 8.46. The van der Waals surface area contributed by atoms with Gasteiger partial charge in [-0.1, -0.05) is 0 Å². The fourth-order valence-electron chi connectivity index (χ4n) is 0.724. The Morgan fingerprint density at radius 1 is 1.40 bits per heavy atom. The molecule has 0 rings (SSSR count). The van der Waals surface area contributed by atoms with Gasteiger partial charge in [0.15, 0.2) is 0 Å². The van der Waals surface area contributed by atoms with Crippen LogP contribution in [0.1, 0.15) is 19.3 Å². The number of hydrogen-bond acceptors (Lipinski definition) is 1. The summed E-state index contributed by atoms with van der Waals surface area (Å²) >= 11 is 0. The quantitative estimate of drug-likeness (QED) is 0.572. The largest absolute Gasteiger partial charge is 0.396 e. The lowest BCUT2D eigenvalue weighted by Crippen LogP contribution is -1.96. The Labute approximate surface area is 62.5 Å². The highest BCUT2D eigenvalue weighted by Crippen LogP contribution is 2.07. The first-order valence-corrected chi connectivity index (χ1v) is 3.35. The molecular formula is C9H12O. The van der Waals surface area contributed by atoms with Crippen molar-refractivity contribution >= 4 is 0 Å². The predicted octanol–water partition coefficient (Wildman–Crippen LogP) is 1.03. The molecule has 1 heteroatoms. The SMILES string of the molecule is C#CCC(C#C)CCCO. The molecule has 0 amide bonds. The van der Waals surface area contributed by atoms with Gasteiger partial charge in [-0.15, -0.1) is 24.7 Å². The van der Waals surface area contributed by atoms with E-state index in [0.717, 1.165) is 12.8 Å². The third kappa shape index (κ3) is 4.01. The Morgan fingerprint density at radius 2 is 2.10 bits per heavy atom. The van der Waals surface area contributed by atoms with Crippen LogP contribution in [-0.4, -0.2) is 11.7 Å². The summed E-state index contributed by atoms with van der Waals surface area (Å²) < 4.78 is 0. The van der Waals surface area contributed by atoms with Gasteiger partial charge < -0.3 is 5.11 Å². The minimum absolute atomic E-state index is 0.150. The van der Waals surface area contributed by atoms with Crippen LogP contribution >= 0.6 is 0 Å². The van der Waals surface area contributed by atoms with Crippen LogP contribution in [0, 0.1) is 30.6 Å². The Kier molecular flexibility index (Phi) is 5.63. The van der Waals surface area contributed by atoms with Gasteiger partial charge in [0, 0.05) is 18.9 Å². The molecule has 0 aliphatic rings. The van der Waals surface area contributed by atoms with Gasteiger partial charge in [-0.2, -0.15) is 0 Å². The van der Waals surface area contributed by atoms with Crippen molar-refractivity contribution in [2.24, 2.45) is 5.92 Å². The van der Waals surface area contributed by atoms with Gasteiger partial charge in [0.2, 0.25) is 0 Å². The van der Waals surface area contributed by atoms with Gasteiger partial charge >= 0.3 is 0 Å². The molecule has 0 radical (unpaired) electrons. The third-order valence-electron chi connectivity index (χ3n) is 1.31. The molecule has 1 atom stereocenters. The average molecular weight is 136 g/mol. The van der Waals surface area contributed by atoms with E-state index in [1.165, 1.54) is 0 Å². The average Bonchev–Trinajstić information content (AvgIpc) is 1.98. The molecule has 0 fully saturated rings. The van der Waals surface area contributed by atoms with Crippen LogP contribution < -0.4 is 0 Å². The van der Waals surface area contributed by atoms with E-state index in [1.54, 1.807) is 0 Å². The third-order valence-corrected chi connectivity index (χ3v) is 1.31. The highest BCUT2D eigenvalue weighted by atomic mass is 16.2. The maximum Gasteiger partial charge on any atom is 0.0431 e. The van der Waals surface area contributed by atoms with E-state index < -0.39 is 0 Å². The first-order chi connectivity index (χ1) is 4.85. The topological polar surface area (TPSA) is 20.2 Å². The van der Waals surface area contributed by atoms with Crippen LogP contribution in [0.3, 0.4) is 0 Å². The summed E-state index contributed by atoms with van der Waals surface area (Å²) in [7, 11) is 0. The van der Waals surface area contributed by atoms with Crippen LogP contribution in [-0.2, 0) is 0 Å². The molecule has 0 aromatic carbocycles. The second-order valence-electron chi connectivity index (χ2n) is 2.14. The zero-order valence-electron chi connectivity index (χ0n) is 6.01. The van der Waals surface area contributed by atoms with Crippen molar-refractivity contribution in [2.75, 3.05) is 6.61 Å². The summed E-state index contributed by atoms with van der Waals surface area (Å²) in [5, 5.41) is 8.46. The van der Waals surface area contributed by atoms with Crippen molar-refractivity contribution in [2.45, 2.75) is 19.3 Å². The van der Waals surface area contributed by atoms with Crippen LogP contribution in [0.25, 0.3) is 0 Å². The summed E-state index contributed by atoms with van der Waals surface area (Å²) in [5.41, 5.74) is 0. The van der Waals surface area contributed by atoms with Crippen molar-refractivity contribution in [3.8, 4) is 24.7 Å². The number of rotatable bonds is 4. The zero-order chi connectivity index (χ0) is 7.82. The molecule has 0 aliphatic carbocycles. The molecule has 54 valence electrons. The Morgan fingerprint density at radius 3 is 2.50 bits per heavy atom. The van der Waals surface area contributed by atoms with E-state index in [1.807, 2.05) is 0 Å². The summed E-state index contributed by atoms with van der Waals surface area (Å²) in [6, 6.07) is 0. The highest BCUT2D eigenvalue weighted by molar-refractivity contribution is 5.00. The van der Waals surface area contributed by atoms with Gasteiger partial charge in [-0.25, -0.2) is 0 Å². The number of aliphatic hydroxyl groups excluding tert-OH is 1. The molecule has 1 N–H and O–H groups in total. The van der Waals surface area contributed by atoms with E-state index in [-0.39, 0.29) is 12.5 Å². The second kappa shape index (κ2) is 6.20. The molecule has 0 spiro atoms. The highest BCUT2D eigenvalue weighted by Gasteiger charge is 2.00. The van der Waals surface area contributed by atoms with Gasteiger partial charge in [-0.3, -0.25) is 0 Å². The minimum Gasteiger partial charge on any atom is -0.396 e. The van der Waals surface area contributed by atoms with Crippen LogP contribution in [0.5, 0.6) is 0 Å². The summed E-state index contributed by atoms with van der Waals surface area (Å²) in [5.74, 6) is 5.24. The molecule has 0 bridgehead atoms. The monoisotopic (exact) mass is 136 g/mol. The first kappa shape index (κ1) is 9.08. The summed E-state index contributed by atoms with van der Waals surface area (Å²) in [6.07, 6.45) is 12.4. The van der Waals surface area contributed by atoms with Crippen molar-refractivity contribution in [1.82, 2.24) is 0 Å². The Hall–Kier alpha value is -0.920. The number of aliphatic hydroxyl groups is 1. The first-order valence-electron chi connectivity index (χ1n) is 3.35. The summed E-state index contributed by atoms with van der Waals surface area (Å²) in [6.45, 7) is 0.197. The standard InChI is InChI=1S/C9H12O/c1-3-6-9(4-2)7-5-8-10/h1-2,9-10H,5-8H2. The van der Waals surface area contributed by atoms with Gasteiger partial charge in [0.1, 0.15) is 0 Å². The van der Waals surface area contributed by atoms with Gasteiger partial charge in [0.05, 0.1) is 0 Å². The van der Waals surface area contributed by atoms with Crippen molar-refractivity contribution < 1.29 is 5.11 Å². The molecule has 0 saturated heterocycles. The lowest BCUT2D eigenvalue weighted by molar-refractivity contribution is 0.278. The fourth-order valence-corrected chi connectivity index (χ4v) is 0.724. The lowest BCUT2D eigenvalue weighted by Gasteiger charge is -2.03. The molecule has 10 heavy (non-hydrogen) atoms. The van der Waals surface area contributed by atoms with Crippen LogP contribution in [0.15, 0.2) is 0 Å². The van der Waals surface area contributed by atoms with Gasteiger partial charge in [-0.05, 0) is 12.8 Å². The van der Waals surface area contributed by atoms with E-state index >= 15 is 0 Å².